The van der Waals surface area contributed by atoms with Crippen molar-refractivity contribution in [2.75, 3.05) is 11.4 Å². The van der Waals surface area contributed by atoms with Gasteiger partial charge in [0.1, 0.15) is 5.75 Å². The SMILES string of the molecule is CC1CCN(c2ccc(O)cc2)C(=O)N1. The molecule has 4 nitrogen and oxygen atoms in total. The van der Waals surface area contributed by atoms with Crippen LogP contribution in [-0.2, 0) is 0 Å². The monoisotopic (exact) mass is 206 g/mol. The van der Waals surface area contributed by atoms with Crippen molar-refractivity contribution in [1.29, 1.82) is 0 Å². The molecule has 0 saturated carbocycles. The van der Waals surface area contributed by atoms with Crippen LogP contribution in [-0.4, -0.2) is 23.7 Å². The van der Waals surface area contributed by atoms with E-state index in [-0.39, 0.29) is 17.8 Å². The summed E-state index contributed by atoms with van der Waals surface area (Å²) in [6, 6.07) is 6.82. The minimum Gasteiger partial charge on any atom is -0.508 e. The number of carbonyl (C=O) groups excluding carboxylic acids is 1. The number of benzene rings is 1. The Morgan fingerprint density at radius 1 is 1.40 bits per heavy atom. The van der Waals surface area contributed by atoms with Gasteiger partial charge >= 0.3 is 6.03 Å². The van der Waals surface area contributed by atoms with Gasteiger partial charge in [0, 0.05) is 18.3 Å². The maximum atomic E-state index is 11.6. The molecule has 15 heavy (non-hydrogen) atoms. The summed E-state index contributed by atoms with van der Waals surface area (Å²) in [6.07, 6.45) is 0.937. The fourth-order valence-electron chi connectivity index (χ4n) is 1.66. The number of phenols is 1. The van der Waals surface area contributed by atoms with Crippen LogP contribution in [0.3, 0.4) is 0 Å². The lowest BCUT2D eigenvalue weighted by molar-refractivity contribution is 0.237. The number of rotatable bonds is 1. The number of hydrogen-bond acceptors (Lipinski definition) is 2. The topological polar surface area (TPSA) is 52.6 Å². The second-order valence-electron chi connectivity index (χ2n) is 3.81. The molecule has 1 aromatic carbocycles. The molecule has 1 unspecified atom stereocenters. The van der Waals surface area contributed by atoms with Crippen LogP contribution in [0.25, 0.3) is 0 Å². The molecule has 2 rings (SSSR count). The Labute approximate surface area is 88.5 Å². The van der Waals surface area contributed by atoms with Crippen LogP contribution >= 0.6 is 0 Å². The predicted octanol–water partition coefficient (Wildman–Crippen LogP) is 1.70. The summed E-state index contributed by atoms with van der Waals surface area (Å²) in [4.78, 5) is 13.3. The molecule has 4 heteroatoms. The molecular formula is C11H14N2O2. The summed E-state index contributed by atoms with van der Waals surface area (Å²) in [6.45, 7) is 2.71. The maximum absolute atomic E-state index is 11.6. The molecule has 0 aromatic heterocycles. The highest BCUT2D eigenvalue weighted by Crippen LogP contribution is 2.20. The number of carbonyl (C=O) groups is 1. The number of anilines is 1. The smallest absolute Gasteiger partial charge is 0.322 e. The van der Waals surface area contributed by atoms with Gasteiger partial charge in [0.05, 0.1) is 0 Å². The molecule has 0 spiro atoms. The van der Waals surface area contributed by atoms with Crippen LogP contribution in [0.4, 0.5) is 10.5 Å². The Morgan fingerprint density at radius 2 is 2.07 bits per heavy atom. The van der Waals surface area contributed by atoms with Crippen molar-refractivity contribution < 1.29 is 9.90 Å². The van der Waals surface area contributed by atoms with Crippen LogP contribution in [0.15, 0.2) is 24.3 Å². The van der Waals surface area contributed by atoms with E-state index in [4.69, 9.17) is 5.11 Å². The molecule has 0 bridgehead atoms. The number of nitrogens with zero attached hydrogens (tertiary/aromatic N) is 1. The first-order valence-electron chi connectivity index (χ1n) is 5.04. The molecule has 1 fully saturated rings. The van der Waals surface area contributed by atoms with E-state index in [9.17, 15) is 4.79 Å². The van der Waals surface area contributed by atoms with Crippen LogP contribution in [0.1, 0.15) is 13.3 Å². The third kappa shape index (κ3) is 2.03. The van der Waals surface area contributed by atoms with Gasteiger partial charge in [-0.3, -0.25) is 4.90 Å². The highest BCUT2D eigenvalue weighted by Gasteiger charge is 2.22. The minimum atomic E-state index is -0.0700. The normalized spacial score (nSPS) is 21.3. The summed E-state index contributed by atoms with van der Waals surface area (Å²) in [5.74, 6) is 0.213. The Balaban J connectivity index is 2.17. The number of amides is 2. The second kappa shape index (κ2) is 3.81. The van der Waals surface area contributed by atoms with E-state index in [0.717, 1.165) is 18.7 Å². The van der Waals surface area contributed by atoms with E-state index in [0.29, 0.717) is 0 Å². The molecule has 1 heterocycles. The number of aromatic hydroxyl groups is 1. The quantitative estimate of drug-likeness (QED) is 0.734. The number of phenolic OH excluding ortho intramolecular Hbond substituents is 1. The van der Waals surface area contributed by atoms with Crippen molar-refractivity contribution in [3.63, 3.8) is 0 Å². The Bertz CT molecular complexity index is 361. The van der Waals surface area contributed by atoms with Crippen molar-refractivity contribution in [3.8, 4) is 5.75 Å². The maximum Gasteiger partial charge on any atom is 0.322 e. The van der Waals surface area contributed by atoms with Crippen LogP contribution < -0.4 is 10.2 Å². The van der Waals surface area contributed by atoms with Gasteiger partial charge in [-0.1, -0.05) is 0 Å². The summed E-state index contributed by atoms with van der Waals surface area (Å²) in [5, 5.41) is 12.0. The van der Waals surface area contributed by atoms with Gasteiger partial charge in [-0.05, 0) is 37.6 Å². The molecular weight excluding hydrogens is 192 g/mol. The van der Waals surface area contributed by atoms with Gasteiger partial charge in [-0.2, -0.15) is 0 Å². The zero-order valence-electron chi connectivity index (χ0n) is 8.60. The third-order valence-corrected chi connectivity index (χ3v) is 2.56. The van der Waals surface area contributed by atoms with Crippen molar-refractivity contribution in [1.82, 2.24) is 5.32 Å². The van der Waals surface area contributed by atoms with Crippen molar-refractivity contribution in [2.24, 2.45) is 0 Å². The molecule has 2 N–H and O–H groups in total. The molecule has 0 aliphatic carbocycles. The Hall–Kier alpha value is -1.71. The molecule has 80 valence electrons. The lowest BCUT2D eigenvalue weighted by Gasteiger charge is -2.31. The third-order valence-electron chi connectivity index (χ3n) is 2.56. The lowest BCUT2D eigenvalue weighted by Crippen LogP contribution is -2.50. The first-order valence-corrected chi connectivity index (χ1v) is 5.04. The predicted molar refractivity (Wildman–Crippen MR) is 58.1 cm³/mol. The van der Waals surface area contributed by atoms with Crippen molar-refractivity contribution in [3.05, 3.63) is 24.3 Å². The average molecular weight is 206 g/mol. The molecule has 1 saturated heterocycles. The largest absolute Gasteiger partial charge is 0.508 e. The molecule has 1 aliphatic rings. The lowest BCUT2D eigenvalue weighted by atomic mass is 10.1. The summed E-state index contributed by atoms with van der Waals surface area (Å²) in [7, 11) is 0. The van der Waals surface area contributed by atoms with Crippen molar-refractivity contribution in [2.45, 2.75) is 19.4 Å². The first-order chi connectivity index (χ1) is 7.16. The Morgan fingerprint density at radius 3 is 2.67 bits per heavy atom. The second-order valence-corrected chi connectivity index (χ2v) is 3.81. The van der Waals surface area contributed by atoms with Gasteiger partial charge in [-0.25, -0.2) is 4.79 Å². The van der Waals surface area contributed by atoms with Gasteiger partial charge in [0.15, 0.2) is 0 Å². The molecule has 0 radical (unpaired) electrons. The number of urea groups is 1. The summed E-state index contributed by atoms with van der Waals surface area (Å²) in [5.41, 5.74) is 0.817. The van der Waals surface area contributed by atoms with Gasteiger partial charge in [0.25, 0.3) is 0 Å². The molecule has 2 amide bonds. The van der Waals surface area contributed by atoms with Crippen molar-refractivity contribution >= 4 is 11.7 Å². The van der Waals surface area contributed by atoms with Crippen LogP contribution in [0, 0.1) is 0 Å². The fraction of sp³-hybridized carbons (Fsp3) is 0.364. The zero-order valence-corrected chi connectivity index (χ0v) is 8.60. The highest BCUT2D eigenvalue weighted by atomic mass is 16.3. The first kappa shape index (κ1) is 9.83. The standard InChI is InChI=1S/C11H14N2O2/c1-8-6-7-13(11(15)12-8)9-2-4-10(14)5-3-9/h2-5,8,14H,6-7H2,1H3,(H,12,15). The van der Waals surface area contributed by atoms with E-state index in [1.807, 2.05) is 6.92 Å². The molecule has 1 aliphatic heterocycles. The average Bonchev–Trinajstić information content (AvgIpc) is 2.20. The van der Waals surface area contributed by atoms with E-state index in [2.05, 4.69) is 5.32 Å². The van der Waals surface area contributed by atoms with E-state index in [1.54, 1.807) is 29.2 Å². The van der Waals surface area contributed by atoms with E-state index >= 15 is 0 Å². The Kier molecular flexibility index (Phi) is 2.49. The molecule has 1 atom stereocenters. The summed E-state index contributed by atoms with van der Waals surface area (Å²) >= 11 is 0. The van der Waals surface area contributed by atoms with E-state index < -0.39 is 0 Å². The van der Waals surface area contributed by atoms with E-state index in [1.165, 1.54) is 0 Å². The number of hydrogen-bond donors (Lipinski definition) is 2. The van der Waals surface area contributed by atoms with Crippen LogP contribution in [0.5, 0.6) is 5.75 Å². The number of nitrogens with one attached hydrogen (secondary N) is 1. The van der Waals surface area contributed by atoms with Crippen LogP contribution in [0.2, 0.25) is 0 Å². The summed E-state index contributed by atoms with van der Waals surface area (Å²) < 4.78 is 0. The van der Waals surface area contributed by atoms with Gasteiger partial charge in [0.2, 0.25) is 0 Å². The fourth-order valence-corrected chi connectivity index (χ4v) is 1.66. The zero-order chi connectivity index (χ0) is 10.8. The highest BCUT2D eigenvalue weighted by molar-refractivity contribution is 5.92. The van der Waals surface area contributed by atoms with Gasteiger partial charge < -0.3 is 10.4 Å². The molecule has 1 aromatic rings. The van der Waals surface area contributed by atoms with Gasteiger partial charge in [-0.15, -0.1) is 0 Å². The minimum absolute atomic E-state index is 0.0700.